The molecule has 1 aromatic carbocycles. The zero-order valence-corrected chi connectivity index (χ0v) is 13.1. The predicted octanol–water partition coefficient (Wildman–Crippen LogP) is 1.32. The van der Waals surface area contributed by atoms with Gasteiger partial charge in [-0.2, -0.15) is 0 Å². The highest BCUT2D eigenvalue weighted by Crippen LogP contribution is 2.24. The Hall–Kier alpha value is -1.33. The van der Waals surface area contributed by atoms with Gasteiger partial charge in [0.2, 0.25) is 0 Å². The van der Waals surface area contributed by atoms with Gasteiger partial charge in [0.15, 0.2) is 0 Å². The second-order valence-corrected chi connectivity index (χ2v) is 5.99. The average molecular weight is 278 g/mol. The fourth-order valence-corrected chi connectivity index (χ4v) is 1.51. The summed E-state index contributed by atoms with van der Waals surface area (Å²) in [6, 6.07) is 5.36. The second-order valence-electron chi connectivity index (χ2n) is 5.99. The number of ether oxygens (including phenoxy) is 1. The van der Waals surface area contributed by atoms with Crippen LogP contribution in [0.25, 0.3) is 0 Å². The summed E-state index contributed by atoms with van der Waals surface area (Å²) in [6.45, 7) is 9.06. The average Bonchev–Trinajstić information content (AvgIpc) is 2.35. The minimum atomic E-state index is -0.957. The summed E-state index contributed by atoms with van der Waals surface area (Å²) in [5.74, 6) is -0.368. The van der Waals surface area contributed by atoms with Gasteiger partial charge in [0.1, 0.15) is 0 Å². The smallest absolute Gasteiger partial charge is 0.337 e. The van der Waals surface area contributed by atoms with Crippen molar-refractivity contribution in [3.8, 4) is 0 Å². The SMILES string of the molecule is COC(=O)c1ccc(C)c(BOC(C)(C)C(C)(C)O)c1. The number of carbonyl (C=O) groups is 1. The number of rotatable bonds is 5. The van der Waals surface area contributed by atoms with Gasteiger partial charge in [-0.25, -0.2) is 4.79 Å². The van der Waals surface area contributed by atoms with Gasteiger partial charge < -0.3 is 14.5 Å². The van der Waals surface area contributed by atoms with Crippen molar-refractivity contribution in [2.45, 2.75) is 45.8 Å². The monoisotopic (exact) mass is 278 g/mol. The Labute approximate surface area is 121 Å². The van der Waals surface area contributed by atoms with E-state index in [9.17, 15) is 9.90 Å². The first kappa shape index (κ1) is 16.7. The second kappa shape index (κ2) is 5.98. The van der Waals surface area contributed by atoms with Crippen LogP contribution in [0.4, 0.5) is 0 Å². The van der Waals surface area contributed by atoms with Gasteiger partial charge in [0, 0.05) is 0 Å². The molecule has 0 spiro atoms. The van der Waals surface area contributed by atoms with Gasteiger partial charge >= 0.3 is 13.5 Å². The number of carbonyl (C=O) groups excluding carboxylic acids is 1. The van der Waals surface area contributed by atoms with Crippen LogP contribution < -0.4 is 5.46 Å². The lowest BCUT2D eigenvalue weighted by molar-refractivity contribution is -0.0893. The van der Waals surface area contributed by atoms with Gasteiger partial charge in [0.25, 0.3) is 0 Å². The Morgan fingerprint density at radius 2 is 1.85 bits per heavy atom. The standard InChI is InChI=1S/C15H23BO4/c1-10-7-8-11(13(17)19-6)9-12(10)16-20-15(4,5)14(2,3)18/h7-9,16,18H,1-6H3. The van der Waals surface area contributed by atoms with E-state index in [-0.39, 0.29) is 5.97 Å². The molecule has 0 saturated heterocycles. The number of hydrogen-bond donors (Lipinski definition) is 1. The van der Waals surface area contributed by atoms with Gasteiger partial charge in [-0.3, -0.25) is 0 Å². The number of aryl methyl sites for hydroxylation is 1. The highest BCUT2D eigenvalue weighted by atomic mass is 16.5. The van der Waals surface area contributed by atoms with E-state index in [1.807, 2.05) is 26.8 Å². The van der Waals surface area contributed by atoms with Crippen LogP contribution in [0, 0.1) is 6.92 Å². The van der Waals surface area contributed by atoms with Crippen molar-refractivity contribution in [1.82, 2.24) is 0 Å². The van der Waals surface area contributed by atoms with Crippen LogP contribution in [0.5, 0.6) is 0 Å². The maximum Gasteiger partial charge on any atom is 0.337 e. The summed E-state index contributed by atoms with van der Waals surface area (Å²) < 4.78 is 10.5. The highest BCUT2D eigenvalue weighted by Gasteiger charge is 2.35. The molecule has 0 aromatic heterocycles. The van der Waals surface area contributed by atoms with Crippen LogP contribution in [0.3, 0.4) is 0 Å². The van der Waals surface area contributed by atoms with Gasteiger partial charge in [-0.15, -0.1) is 0 Å². The molecule has 4 nitrogen and oxygen atoms in total. The number of methoxy groups -OCH3 is 1. The van der Waals surface area contributed by atoms with E-state index in [0.717, 1.165) is 11.0 Å². The molecule has 110 valence electrons. The summed E-state index contributed by atoms with van der Waals surface area (Å²) in [6.07, 6.45) is 0. The minimum Gasteiger partial charge on any atom is -0.465 e. The third-order valence-corrected chi connectivity index (χ3v) is 3.83. The van der Waals surface area contributed by atoms with Crippen LogP contribution in [0.2, 0.25) is 0 Å². The first-order valence-electron chi connectivity index (χ1n) is 6.62. The molecule has 0 heterocycles. The van der Waals surface area contributed by atoms with Crippen molar-refractivity contribution in [2.75, 3.05) is 7.11 Å². The molecule has 0 aliphatic rings. The van der Waals surface area contributed by atoms with E-state index >= 15 is 0 Å². The maximum absolute atomic E-state index is 11.5. The van der Waals surface area contributed by atoms with Gasteiger partial charge in [-0.05, 0) is 46.1 Å². The molecule has 0 fully saturated rings. The van der Waals surface area contributed by atoms with Crippen molar-refractivity contribution in [3.63, 3.8) is 0 Å². The van der Waals surface area contributed by atoms with Crippen LogP contribution in [0.15, 0.2) is 18.2 Å². The first-order valence-corrected chi connectivity index (χ1v) is 6.62. The van der Waals surface area contributed by atoms with E-state index in [4.69, 9.17) is 9.39 Å². The molecule has 20 heavy (non-hydrogen) atoms. The molecule has 0 unspecified atom stereocenters. The Morgan fingerprint density at radius 1 is 1.25 bits per heavy atom. The molecule has 0 saturated carbocycles. The normalized spacial score (nSPS) is 12.2. The van der Waals surface area contributed by atoms with Crippen LogP contribution >= 0.6 is 0 Å². The fraction of sp³-hybridized carbons (Fsp3) is 0.533. The maximum atomic E-state index is 11.5. The summed E-state index contributed by atoms with van der Waals surface area (Å²) >= 11 is 0. The van der Waals surface area contributed by atoms with Crippen LogP contribution in [-0.2, 0) is 9.39 Å². The van der Waals surface area contributed by atoms with Crippen molar-refractivity contribution < 1.29 is 19.3 Å². The molecular weight excluding hydrogens is 255 g/mol. The van der Waals surface area contributed by atoms with Crippen LogP contribution in [-0.4, -0.2) is 36.9 Å². The summed E-state index contributed by atoms with van der Waals surface area (Å²) in [4.78, 5) is 11.5. The third kappa shape index (κ3) is 3.84. The molecule has 0 amide bonds. The molecule has 0 aliphatic carbocycles. The van der Waals surface area contributed by atoms with E-state index in [1.54, 1.807) is 26.0 Å². The molecule has 1 rings (SSSR count). The van der Waals surface area contributed by atoms with Gasteiger partial charge in [-0.1, -0.05) is 17.7 Å². The molecule has 0 radical (unpaired) electrons. The largest absolute Gasteiger partial charge is 0.465 e. The van der Waals surface area contributed by atoms with Crippen molar-refractivity contribution in [2.24, 2.45) is 0 Å². The summed E-state index contributed by atoms with van der Waals surface area (Å²) in [5.41, 5.74) is 0.786. The van der Waals surface area contributed by atoms with E-state index in [0.29, 0.717) is 13.0 Å². The van der Waals surface area contributed by atoms with Crippen molar-refractivity contribution >= 4 is 18.9 Å². The molecule has 1 N–H and O–H groups in total. The number of benzene rings is 1. The first-order chi connectivity index (χ1) is 9.08. The molecule has 0 atom stereocenters. The molecule has 1 aromatic rings. The number of hydrogen-bond acceptors (Lipinski definition) is 4. The summed E-state index contributed by atoms with van der Waals surface area (Å²) in [5, 5.41) is 10.1. The van der Waals surface area contributed by atoms with E-state index in [2.05, 4.69) is 0 Å². The predicted molar refractivity (Wildman–Crippen MR) is 80.8 cm³/mol. The van der Waals surface area contributed by atoms with E-state index < -0.39 is 11.2 Å². The lowest BCUT2D eigenvalue weighted by Gasteiger charge is -2.37. The summed E-state index contributed by atoms with van der Waals surface area (Å²) in [7, 11) is 1.68. The molecule has 5 heteroatoms. The Balaban J connectivity index is 2.90. The minimum absolute atomic E-state index is 0.327. The Kier molecular flexibility index (Phi) is 5.00. The van der Waals surface area contributed by atoms with Crippen LogP contribution in [0.1, 0.15) is 43.6 Å². The zero-order chi connectivity index (χ0) is 15.6. The van der Waals surface area contributed by atoms with Crippen molar-refractivity contribution in [1.29, 1.82) is 0 Å². The third-order valence-electron chi connectivity index (χ3n) is 3.83. The highest BCUT2D eigenvalue weighted by molar-refractivity contribution is 6.48. The quantitative estimate of drug-likeness (QED) is 0.652. The lowest BCUT2D eigenvalue weighted by Crippen LogP contribution is -2.49. The van der Waals surface area contributed by atoms with Crippen molar-refractivity contribution in [3.05, 3.63) is 29.3 Å². The number of esters is 1. The molecular formula is C15H23BO4. The van der Waals surface area contributed by atoms with E-state index in [1.165, 1.54) is 7.11 Å². The fourth-order valence-electron chi connectivity index (χ4n) is 1.51. The topological polar surface area (TPSA) is 55.8 Å². The molecule has 0 aliphatic heterocycles. The Bertz CT molecular complexity index is 489. The molecule has 0 bridgehead atoms. The van der Waals surface area contributed by atoms with Gasteiger partial charge in [0.05, 0.1) is 23.9 Å². The zero-order valence-electron chi connectivity index (χ0n) is 13.1. The lowest BCUT2D eigenvalue weighted by atomic mass is 9.80. The number of aliphatic hydroxyl groups is 1. The Morgan fingerprint density at radius 3 is 2.35 bits per heavy atom.